The lowest BCUT2D eigenvalue weighted by Gasteiger charge is -2.32. The van der Waals surface area contributed by atoms with E-state index in [9.17, 15) is 21.6 Å². The van der Waals surface area contributed by atoms with Gasteiger partial charge in [-0.15, -0.1) is 0 Å². The lowest BCUT2D eigenvalue weighted by Crippen LogP contribution is -2.47. The molecule has 7 nitrogen and oxygen atoms in total. The van der Waals surface area contributed by atoms with Crippen LogP contribution in [0.1, 0.15) is 25.7 Å². The summed E-state index contributed by atoms with van der Waals surface area (Å²) >= 11 is 0. The zero-order valence-electron chi connectivity index (χ0n) is 15.9. The molecule has 0 bridgehead atoms. The maximum absolute atomic E-state index is 12.6. The Hall–Kier alpha value is -1.07. The monoisotopic (exact) mass is 413 g/mol. The van der Waals surface area contributed by atoms with Crippen molar-refractivity contribution in [1.82, 2.24) is 19.8 Å². The summed E-state index contributed by atoms with van der Waals surface area (Å²) in [5.41, 5.74) is -5.22. The molecule has 2 N–H and O–H groups in total. The van der Waals surface area contributed by atoms with Crippen molar-refractivity contribution in [2.45, 2.75) is 31.2 Å². The molecule has 2 heterocycles. The number of alkyl halides is 3. The van der Waals surface area contributed by atoms with Gasteiger partial charge in [-0.3, -0.25) is 4.99 Å². The first kappa shape index (κ1) is 22.2. The number of likely N-dealkylation sites (tertiary alicyclic amines) is 1. The molecule has 0 radical (unpaired) electrons. The van der Waals surface area contributed by atoms with E-state index in [2.05, 4.69) is 27.6 Å². The summed E-state index contributed by atoms with van der Waals surface area (Å²) < 4.78 is 61.2. The summed E-state index contributed by atoms with van der Waals surface area (Å²) in [6.45, 7) is 3.39. The van der Waals surface area contributed by atoms with Crippen LogP contribution < -0.4 is 10.6 Å². The number of guanidine groups is 1. The first-order chi connectivity index (χ1) is 12.6. The van der Waals surface area contributed by atoms with Crippen LogP contribution in [0.3, 0.4) is 0 Å². The molecule has 158 valence electrons. The summed E-state index contributed by atoms with van der Waals surface area (Å²) in [4.78, 5) is 6.50. The smallest absolute Gasteiger partial charge is 0.356 e. The second-order valence-electron chi connectivity index (χ2n) is 7.37. The van der Waals surface area contributed by atoms with Crippen LogP contribution in [0.5, 0.6) is 0 Å². The van der Waals surface area contributed by atoms with Crippen molar-refractivity contribution in [1.29, 1.82) is 0 Å². The number of sulfonamides is 1. The van der Waals surface area contributed by atoms with E-state index in [1.807, 2.05) is 0 Å². The van der Waals surface area contributed by atoms with Gasteiger partial charge in [-0.1, -0.05) is 0 Å². The van der Waals surface area contributed by atoms with Gasteiger partial charge in [-0.05, 0) is 57.7 Å². The zero-order chi connectivity index (χ0) is 20.1. The fourth-order valence-corrected chi connectivity index (χ4v) is 4.45. The van der Waals surface area contributed by atoms with Gasteiger partial charge in [-0.25, -0.2) is 8.42 Å². The molecule has 2 rings (SSSR count). The van der Waals surface area contributed by atoms with Crippen LogP contribution in [0.25, 0.3) is 0 Å². The molecule has 2 saturated heterocycles. The first-order valence-electron chi connectivity index (χ1n) is 9.33. The van der Waals surface area contributed by atoms with Crippen molar-refractivity contribution in [3.63, 3.8) is 0 Å². The fourth-order valence-electron chi connectivity index (χ4n) is 3.47. The van der Waals surface area contributed by atoms with E-state index in [1.165, 1.54) is 0 Å². The van der Waals surface area contributed by atoms with Crippen molar-refractivity contribution in [3.05, 3.63) is 0 Å². The van der Waals surface area contributed by atoms with Crippen LogP contribution >= 0.6 is 0 Å². The minimum Gasteiger partial charge on any atom is -0.356 e. The Balaban J connectivity index is 1.70. The van der Waals surface area contributed by atoms with E-state index in [1.54, 1.807) is 7.05 Å². The highest BCUT2D eigenvalue weighted by atomic mass is 32.2. The van der Waals surface area contributed by atoms with Gasteiger partial charge in [-0.2, -0.15) is 17.5 Å². The molecule has 2 fully saturated rings. The van der Waals surface area contributed by atoms with Crippen LogP contribution in [0, 0.1) is 11.8 Å². The zero-order valence-corrected chi connectivity index (χ0v) is 16.7. The molecule has 0 amide bonds. The van der Waals surface area contributed by atoms with E-state index in [0.29, 0.717) is 35.6 Å². The highest BCUT2D eigenvalue weighted by Crippen LogP contribution is 2.30. The fraction of sp³-hybridized carbons (Fsp3) is 0.938. The largest absolute Gasteiger partial charge is 0.511 e. The standard InChI is InChI=1S/C16H30F3N5O2S/c1-20-15(21-11-13-3-7-23(2)8-4-13)22-12-14-5-9-24(10-6-14)27(25,26)16(17,18)19/h13-14H,3-12H2,1-2H3,(H2,20,21,22). The van der Waals surface area contributed by atoms with Crippen molar-refractivity contribution < 1.29 is 21.6 Å². The molecule has 0 unspecified atom stereocenters. The van der Waals surface area contributed by atoms with Gasteiger partial charge in [0.2, 0.25) is 0 Å². The third kappa shape index (κ3) is 6.21. The minimum absolute atomic E-state index is 0.101. The molecule has 0 aromatic rings. The lowest BCUT2D eigenvalue weighted by molar-refractivity contribution is -0.0496. The third-order valence-corrected chi connectivity index (χ3v) is 7.01. The van der Waals surface area contributed by atoms with Gasteiger partial charge in [0.1, 0.15) is 0 Å². The predicted molar refractivity (Wildman–Crippen MR) is 98.9 cm³/mol. The molecule has 0 atom stereocenters. The van der Waals surface area contributed by atoms with Crippen LogP contribution in [-0.2, 0) is 10.0 Å². The van der Waals surface area contributed by atoms with Gasteiger partial charge in [0.05, 0.1) is 0 Å². The van der Waals surface area contributed by atoms with E-state index in [0.717, 1.165) is 32.5 Å². The molecule has 2 aliphatic rings. The van der Waals surface area contributed by atoms with Crippen molar-refractivity contribution in [2.75, 3.05) is 53.4 Å². The SMILES string of the molecule is CN=C(NCC1CCN(C)CC1)NCC1CCN(S(=O)(=O)C(F)(F)F)CC1. The highest BCUT2D eigenvalue weighted by Gasteiger charge is 2.50. The molecule has 0 spiro atoms. The molecule has 0 aromatic carbocycles. The molecule has 11 heteroatoms. The van der Waals surface area contributed by atoms with Gasteiger partial charge in [0.15, 0.2) is 5.96 Å². The van der Waals surface area contributed by atoms with E-state index >= 15 is 0 Å². The number of piperidine rings is 2. The molecule has 0 aliphatic carbocycles. The highest BCUT2D eigenvalue weighted by molar-refractivity contribution is 7.90. The van der Waals surface area contributed by atoms with Crippen LogP contribution in [0.4, 0.5) is 13.2 Å². The van der Waals surface area contributed by atoms with Crippen LogP contribution in [0.2, 0.25) is 0 Å². The molecule has 27 heavy (non-hydrogen) atoms. The van der Waals surface area contributed by atoms with E-state index in [4.69, 9.17) is 0 Å². The Morgan fingerprint density at radius 2 is 1.44 bits per heavy atom. The minimum atomic E-state index is -5.22. The van der Waals surface area contributed by atoms with Gasteiger partial charge < -0.3 is 15.5 Å². The van der Waals surface area contributed by atoms with Crippen molar-refractivity contribution in [3.8, 4) is 0 Å². The lowest BCUT2D eigenvalue weighted by atomic mass is 9.97. The maximum atomic E-state index is 12.6. The first-order valence-corrected chi connectivity index (χ1v) is 10.8. The average Bonchev–Trinajstić information content (AvgIpc) is 2.62. The van der Waals surface area contributed by atoms with E-state index < -0.39 is 15.5 Å². The van der Waals surface area contributed by atoms with E-state index in [-0.39, 0.29) is 19.0 Å². The molecule has 2 aliphatic heterocycles. The summed E-state index contributed by atoms with van der Waals surface area (Å²) in [5, 5.41) is 6.52. The second kappa shape index (κ2) is 9.42. The van der Waals surface area contributed by atoms with Crippen molar-refractivity contribution in [2.24, 2.45) is 16.8 Å². The van der Waals surface area contributed by atoms with Crippen LogP contribution in [0.15, 0.2) is 4.99 Å². The number of hydrogen-bond donors (Lipinski definition) is 2. The molecule has 0 saturated carbocycles. The quantitative estimate of drug-likeness (QED) is 0.521. The topological polar surface area (TPSA) is 77.0 Å². The summed E-state index contributed by atoms with van der Waals surface area (Å²) in [5.74, 6) is 1.40. The summed E-state index contributed by atoms with van der Waals surface area (Å²) in [6.07, 6.45) is 3.09. The number of nitrogens with zero attached hydrogens (tertiary/aromatic N) is 3. The Bertz CT molecular complexity index is 596. The predicted octanol–water partition coefficient (Wildman–Crippen LogP) is 1.05. The second-order valence-corrected chi connectivity index (χ2v) is 9.30. The van der Waals surface area contributed by atoms with Gasteiger partial charge in [0, 0.05) is 33.2 Å². The molecular weight excluding hydrogens is 383 g/mol. The Labute approximate surface area is 159 Å². The summed E-state index contributed by atoms with van der Waals surface area (Å²) in [6, 6.07) is 0. The van der Waals surface area contributed by atoms with Crippen LogP contribution in [-0.4, -0.2) is 82.5 Å². The average molecular weight is 414 g/mol. The van der Waals surface area contributed by atoms with Gasteiger partial charge in [0.25, 0.3) is 0 Å². The molecular formula is C16H30F3N5O2S. The summed E-state index contributed by atoms with van der Waals surface area (Å²) in [7, 11) is -1.41. The normalized spacial score (nSPS) is 22.8. The third-order valence-electron chi connectivity index (χ3n) is 5.38. The molecule has 0 aromatic heterocycles. The number of aliphatic imine (C=N–C) groups is 1. The van der Waals surface area contributed by atoms with Crippen molar-refractivity contribution >= 4 is 16.0 Å². The number of nitrogens with one attached hydrogen (secondary N) is 2. The Morgan fingerprint density at radius 3 is 1.85 bits per heavy atom. The van der Waals surface area contributed by atoms with Gasteiger partial charge >= 0.3 is 15.5 Å². The maximum Gasteiger partial charge on any atom is 0.511 e. The Kier molecular flexibility index (Phi) is 7.75. The Morgan fingerprint density at radius 1 is 1.00 bits per heavy atom. The number of halogens is 3. The number of rotatable bonds is 5. The number of hydrogen-bond acceptors (Lipinski definition) is 4.